The molecular formula is C21H22N4O3. The van der Waals surface area contributed by atoms with Gasteiger partial charge in [0, 0.05) is 25.5 Å². The summed E-state index contributed by atoms with van der Waals surface area (Å²) in [6, 6.07) is 15.2. The van der Waals surface area contributed by atoms with Gasteiger partial charge < -0.3 is 20.1 Å². The summed E-state index contributed by atoms with van der Waals surface area (Å²) in [6.45, 7) is 0.993. The molecule has 0 saturated heterocycles. The van der Waals surface area contributed by atoms with Crippen molar-refractivity contribution < 1.29 is 14.3 Å². The minimum absolute atomic E-state index is 0.225. The Hall–Kier alpha value is -3.61. The predicted molar refractivity (Wildman–Crippen MR) is 107 cm³/mol. The number of anilines is 1. The number of nitrogens with zero attached hydrogens (tertiary/aromatic N) is 2. The summed E-state index contributed by atoms with van der Waals surface area (Å²) in [6.07, 6.45) is 3.01. The van der Waals surface area contributed by atoms with Crippen molar-refractivity contribution in [3.8, 4) is 11.5 Å². The number of nitrogens with one attached hydrogen (secondary N) is 2. The van der Waals surface area contributed by atoms with Crippen molar-refractivity contribution in [1.82, 2.24) is 15.3 Å². The van der Waals surface area contributed by atoms with Crippen LogP contribution >= 0.6 is 0 Å². The fraction of sp³-hybridized carbons (Fsp3) is 0.190. The second-order valence-corrected chi connectivity index (χ2v) is 6.03. The third-order valence-electron chi connectivity index (χ3n) is 4.14. The molecule has 144 valence electrons. The molecule has 7 heteroatoms. The highest BCUT2D eigenvalue weighted by Gasteiger charge is 2.07. The second-order valence-electron chi connectivity index (χ2n) is 6.03. The van der Waals surface area contributed by atoms with Gasteiger partial charge in [0.25, 0.3) is 5.91 Å². The molecule has 0 atom stereocenters. The highest BCUT2D eigenvalue weighted by Crippen LogP contribution is 2.13. The van der Waals surface area contributed by atoms with E-state index < -0.39 is 0 Å². The molecule has 3 aromatic rings. The fourth-order valence-corrected chi connectivity index (χ4v) is 2.49. The topological polar surface area (TPSA) is 85.4 Å². The van der Waals surface area contributed by atoms with E-state index >= 15 is 0 Å². The van der Waals surface area contributed by atoms with Gasteiger partial charge in [-0.05, 0) is 35.4 Å². The maximum Gasteiger partial charge on any atom is 0.254 e. The van der Waals surface area contributed by atoms with Crippen LogP contribution in [-0.4, -0.2) is 30.1 Å². The summed E-state index contributed by atoms with van der Waals surface area (Å²) in [5, 5.41) is 5.98. The van der Waals surface area contributed by atoms with Crippen LogP contribution in [0, 0.1) is 0 Å². The van der Waals surface area contributed by atoms with Crippen LogP contribution in [0.5, 0.6) is 11.5 Å². The monoisotopic (exact) mass is 378 g/mol. The van der Waals surface area contributed by atoms with Gasteiger partial charge >= 0.3 is 0 Å². The molecule has 7 nitrogen and oxygen atoms in total. The van der Waals surface area contributed by atoms with Crippen LogP contribution in [-0.2, 0) is 13.1 Å². The summed E-state index contributed by atoms with van der Waals surface area (Å²) in [7, 11) is 3.25. The Bertz CT molecular complexity index is 894. The van der Waals surface area contributed by atoms with Crippen molar-refractivity contribution in [3.63, 3.8) is 0 Å². The van der Waals surface area contributed by atoms with Crippen molar-refractivity contribution in [2.45, 2.75) is 13.1 Å². The van der Waals surface area contributed by atoms with E-state index in [1.165, 1.54) is 12.4 Å². The molecule has 0 fully saturated rings. The minimum atomic E-state index is -0.225. The number of hydrogen-bond acceptors (Lipinski definition) is 6. The first kappa shape index (κ1) is 19.2. The van der Waals surface area contributed by atoms with E-state index in [0.717, 1.165) is 22.6 Å². The summed E-state index contributed by atoms with van der Waals surface area (Å²) in [4.78, 5) is 20.6. The zero-order chi connectivity index (χ0) is 19.8. The number of amides is 1. The number of aromatic nitrogens is 2. The van der Waals surface area contributed by atoms with Crippen LogP contribution in [0.2, 0.25) is 0 Å². The van der Waals surface area contributed by atoms with Crippen LogP contribution in [0.4, 0.5) is 5.95 Å². The lowest BCUT2D eigenvalue weighted by Crippen LogP contribution is -2.23. The van der Waals surface area contributed by atoms with Crippen LogP contribution < -0.4 is 20.1 Å². The molecule has 0 saturated carbocycles. The number of benzene rings is 2. The van der Waals surface area contributed by atoms with Gasteiger partial charge in [-0.1, -0.05) is 24.3 Å². The standard InChI is InChI=1S/C21H22N4O3/c1-27-18-7-3-15(4-8-18)11-22-20(26)17-13-24-21(25-14-17)23-12-16-5-9-19(28-2)10-6-16/h3-10,13-14H,11-12H2,1-2H3,(H,22,26)(H,23,24,25). The molecule has 0 spiro atoms. The van der Waals surface area contributed by atoms with E-state index in [4.69, 9.17) is 9.47 Å². The summed E-state index contributed by atoms with van der Waals surface area (Å²) < 4.78 is 10.3. The van der Waals surface area contributed by atoms with E-state index in [1.54, 1.807) is 14.2 Å². The van der Waals surface area contributed by atoms with Crippen molar-refractivity contribution in [2.24, 2.45) is 0 Å². The molecule has 3 rings (SSSR count). The number of rotatable bonds is 8. The van der Waals surface area contributed by atoms with Crippen LogP contribution in [0.25, 0.3) is 0 Å². The van der Waals surface area contributed by atoms with Gasteiger partial charge in [-0.3, -0.25) is 4.79 Å². The average Bonchev–Trinajstić information content (AvgIpc) is 2.77. The summed E-state index contributed by atoms with van der Waals surface area (Å²) in [5.74, 6) is 1.83. The van der Waals surface area contributed by atoms with E-state index in [9.17, 15) is 4.79 Å². The lowest BCUT2D eigenvalue weighted by Gasteiger charge is -2.08. The molecule has 0 aliphatic carbocycles. The smallest absolute Gasteiger partial charge is 0.254 e. The highest BCUT2D eigenvalue weighted by molar-refractivity contribution is 5.93. The average molecular weight is 378 g/mol. The summed E-state index contributed by atoms with van der Waals surface area (Å²) >= 11 is 0. The van der Waals surface area contributed by atoms with Crippen molar-refractivity contribution >= 4 is 11.9 Å². The van der Waals surface area contributed by atoms with Gasteiger partial charge in [0.05, 0.1) is 19.8 Å². The molecule has 1 heterocycles. The molecule has 0 aliphatic heterocycles. The third kappa shape index (κ3) is 5.20. The van der Waals surface area contributed by atoms with E-state index in [-0.39, 0.29) is 5.91 Å². The van der Waals surface area contributed by atoms with Crippen LogP contribution in [0.15, 0.2) is 60.9 Å². The second kappa shape index (κ2) is 9.36. The van der Waals surface area contributed by atoms with Crippen molar-refractivity contribution in [1.29, 1.82) is 0 Å². The SMILES string of the molecule is COc1ccc(CNC(=O)c2cnc(NCc3ccc(OC)cc3)nc2)cc1. The van der Waals surface area contributed by atoms with E-state index in [2.05, 4.69) is 20.6 Å². The number of carbonyl (C=O) groups is 1. The number of methoxy groups -OCH3 is 2. The van der Waals surface area contributed by atoms with Crippen LogP contribution in [0.1, 0.15) is 21.5 Å². The van der Waals surface area contributed by atoms with Gasteiger partial charge in [0.15, 0.2) is 0 Å². The normalized spacial score (nSPS) is 10.2. The molecule has 2 N–H and O–H groups in total. The molecule has 1 amide bonds. The molecule has 1 aromatic heterocycles. The Morgan fingerprint density at radius 1 is 0.821 bits per heavy atom. The van der Waals surface area contributed by atoms with Crippen LogP contribution in [0.3, 0.4) is 0 Å². The van der Waals surface area contributed by atoms with Gasteiger partial charge in [-0.25, -0.2) is 9.97 Å². The van der Waals surface area contributed by atoms with Crippen molar-refractivity contribution in [3.05, 3.63) is 77.6 Å². The van der Waals surface area contributed by atoms with E-state index in [0.29, 0.717) is 24.6 Å². The molecular weight excluding hydrogens is 356 g/mol. The number of carbonyl (C=O) groups excluding carboxylic acids is 1. The zero-order valence-corrected chi connectivity index (χ0v) is 15.8. The first-order chi connectivity index (χ1) is 13.7. The molecule has 2 aromatic carbocycles. The van der Waals surface area contributed by atoms with Gasteiger partial charge in [-0.2, -0.15) is 0 Å². The van der Waals surface area contributed by atoms with Crippen molar-refractivity contribution in [2.75, 3.05) is 19.5 Å². The minimum Gasteiger partial charge on any atom is -0.497 e. The van der Waals surface area contributed by atoms with Gasteiger partial charge in [0.2, 0.25) is 5.95 Å². The zero-order valence-electron chi connectivity index (χ0n) is 15.8. The third-order valence-corrected chi connectivity index (χ3v) is 4.14. The van der Waals surface area contributed by atoms with Gasteiger partial charge in [0.1, 0.15) is 11.5 Å². The molecule has 0 bridgehead atoms. The number of ether oxygens (including phenoxy) is 2. The Morgan fingerprint density at radius 3 is 1.82 bits per heavy atom. The summed E-state index contributed by atoms with van der Waals surface area (Å²) in [5.41, 5.74) is 2.46. The lowest BCUT2D eigenvalue weighted by atomic mass is 10.2. The lowest BCUT2D eigenvalue weighted by molar-refractivity contribution is 0.0950. The largest absolute Gasteiger partial charge is 0.497 e. The molecule has 28 heavy (non-hydrogen) atoms. The highest BCUT2D eigenvalue weighted by atomic mass is 16.5. The maximum absolute atomic E-state index is 12.2. The number of hydrogen-bond donors (Lipinski definition) is 2. The van der Waals surface area contributed by atoms with E-state index in [1.807, 2.05) is 48.5 Å². The Labute approximate surface area is 163 Å². The fourth-order valence-electron chi connectivity index (χ4n) is 2.49. The maximum atomic E-state index is 12.2. The Morgan fingerprint density at radius 2 is 1.32 bits per heavy atom. The predicted octanol–water partition coefficient (Wildman–Crippen LogP) is 3.04. The molecule has 0 radical (unpaired) electrons. The molecule has 0 aliphatic rings. The first-order valence-electron chi connectivity index (χ1n) is 8.78. The van der Waals surface area contributed by atoms with Gasteiger partial charge in [-0.15, -0.1) is 0 Å². The Kier molecular flexibility index (Phi) is 6.41. The quantitative estimate of drug-likeness (QED) is 0.627. The molecule has 0 unspecified atom stereocenters. The first-order valence-corrected chi connectivity index (χ1v) is 8.78. The Balaban J connectivity index is 1.50.